The number of para-hydroxylation sites is 1. The highest BCUT2D eigenvalue weighted by Crippen LogP contribution is 2.13. The summed E-state index contributed by atoms with van der Waals surface area (Å²) >= 11 is 0. The maximum Gasteiger partial charge on any atom is 0.271 e. The van der Waals surface area contributed by atoms with E-state index in [1.54, 1.807) is 10.7 Å². The van der Waals surface area contributed by atoms with E-state index in [0.29, 0.717) is 12.2 Å². The molecule has 1 amide bonds. The number of rotatable bonds is 7. The van der Waals surface area contributed by atoms with Crippen LogP contribution in [0.1, 0.15) is 21.7 Å². The van der Waals surface area contributed by atoms with Crippen molar-refractivity contribution in [1.29, 1.82) is 0 Å². The molecule has 0 atom stereocenters. The number of aryl methyl sites for hydroxylation is 1. The van der Waals surface area contributed by atoms with Gasteiger partial charge >= 0.3 is 0 Å². The Labute approximate surface area is 159 Å². The van der Waals surface area contributed by atoms with E-state index in [9.17, 15) is 4.79 Å². The fourth-order valence-corrected chi connectivity index (χ4v) is 2.70. The first-order valence-electron chi connectivity index (χ1n) is 8.73. The predicted octanol–water partition coefficient (Wildman–Crippen LogP) is 3.17. The lowest BCUT2D eigenvalue weighted by molar-refractivity contribution is 0.0948. The Balaban J connectivity index is 1.55. The summed E-state index contributed by atoms with van der Waals surface area (Å²) < 4.78 is 7.11. The summed E-state index contributed by atoms with van der Waals surface area (Å²) in [6, 6.07) is 19.2. The first kappa shape index (κ1) is 18.3. The number of nitrogens with one attached hydrogen (secondary N) is 1. The Morgan fingerprint density at radius 3 is 2.63 bits per heavy atom. The molecule has 0 bridgehead atoms. The highest BCUT2D eigenvalue weighted by molar-refractivity contribution is 5.92. The van der Waals surface area contributed by atoms with Gasteiger partial charge in [0.2, 0.25) is 0 Å². The van der Waals surface area contributed by atoms with Crippen molar-refractivity contribution in [3.05, 3.63) is 77.6 Å². The van der Waals surface area contributed by atoms with Gasteiger partial charge in [0.1, 0.15) is 12.4 Å². The van der Waals surface area contributed by atoms with Gasteiger partial charge in [0.05, 0.1) is 5.69 Å². The van der Waals surface area contributed by atoms with Gasteiger partial charge in [0.15, 0.2) is 5.69 Å². The molecule has 0 aliphatic carbocycles. The van der Waals surface area contributed by atoms with Crippen LogP contribution in [0, 0.1) is 19.3 Å². The van der Waals surface area contributed by atoms with Crippen molar-refractivity contribution in [3.63, 3.8) is 0 Å². The average Bonchev–Trinajstić information content (AvgIpc) is 3.10. The van der Waals surface area contributed by atoms with Gasteiger partial charge in [-0.15, -0.1) is 6.42 Å². The van der Waals surface area contributed by atoms with Crippen LogP contribution in [0.4, 0.5) is 0 Å². The summed E-state index contributed by atoms with van der Waals surface area (Å²) in [6.07, 6.45) is 5.89. The Morgan fingerprint density at radius 2 is 1.93 bits per heavy atom. The van der Waals surface area contributed by atoms with Crippen molar-refractivity contribution in [2.24, 2.45) is 0 Å². The molecule has 5 heteroatoms. The summed E-state index contributed by atoms with van der Waals surface area (Å²) in [7, 11) is 0. The SMILES string of the molecule is C#CCOc1ccc(CCNC(=O)c2cc(C)n(-c3ccccc3)n2)cc1. The molecule has 0 aliphatic rings. The number of hydrogen-bond donors (Lipinski definition) is 1. The Kier molecular flexibility index (Phi) is 5.91. The van der Waals surface area contributed by atoms with Crippen LogP contribution in [0.5, 0.6) is 5.75 Å². The van der Waals surface area contributed by atoms with Gasteiger partial charge < -0.3 is 10.1 Å². The maximum atomic E-state index is 12.4. The third-order valence-corrected chi connectivity index (χ3v) is 4.07. The van der Waals surface area contributed by atoms with E-state index < -0.39 is 0 Å². The second-order valence-corrected chi connectivity index (χ2v) is 6.06. The van der Waals surface area contributed by atoms with Crippen LogP contribution in [0.15, 0.2) is 60.7 Å². The number of nitrogens with zero attached hydrogens (tertiary/aromatic N) is 2. The lowest BCUT2D eigenvalue weighted by atomic mass is 10.1. The van der Waals surface area contributed by atoms with Crippen molar-refractivity contribution in [3.8, 4) is 23.8 Å². The number of carbonyl (C=O) groups is 1. The van der Waals surface area contributed by atoms with Crippen molar-refractivity contribution in [2.75, 3.05) is 13.2 Å². The molecule has 0 saturated heterocycles. The van der Waals surface area contributed by atoms with E-state index in [1.165, 1.54) is 0 Å². The zero-order valence-corrected chi connectivity index (χ0v) is 15.2. The quantitative estimate of drug-likeness (QED) is 0.659. The molecule has 27 heavy (non-hydrogen) atoms. The van der Waals surface area contributed by atoms with Crippen LogP contribution in [0.25, 0.3) is 5.69 Å². The largest absolute Gasteiger partial charge is 0.481 e. The van der Waals surface area contributed by atoms with E-state index in [4.69, 9.17) is 11.2 Å². The number of terminal acetylenes is 1. The van der Waals surface area contributed by atoms with Gasteiger partial charge in [-0.25, -0.2) is 4.68 Å². The monoisotopic (exact) mass is 359 g/mol. The van der Waals surface area contributed by atoms with Crippen molar-refractivity contribution >= 4 is 5.91 Å². The van der Waals surface area contributed by atoms with Crippen molar-refractivity contribution < 1.29 is 9.53 Å². The zero-order valence-electron chi connectivity index (χ0n) is 15.2. The summed E-state index contributed by atoms with van der Waals surface area (Å²) in [5.41, 5.74) is 3.36. The second-order valence-electron chi connectivity index (χ2n) is 6.06. The maximum absolute atomic E-state index is 12.4. The summed E-state index contributed by atoms with van der Waals surface area (Å²) in [6.45, 7) is 2.71. The molecule has 0 unspecified atom stereocenters. The van der Waals surface area contributed by atoms with Crippen LogP contribution < -0.4 is 10.1 Å². The number of benzene rings is 2. The van der Waals surface area contributed by atoms with Gasteiger partial charge in [-0.2, -0.15) is 5.10 Å². The van der Waals surface area contributed by atoms with Crippen molar-refractivity contribution in [2.45, 2.75) is 13.3 Å². The first-order chi connectivity index (χ1) is 13.2. The highest BCUT2D eigenvalue weighted by Gasteiger charge is 2.12. The topological polar surface area (TPSA) is 56.1 Å². The second kappa shape index (κ2) is 8.72. The fraction of sp³-hybridized carbons (Fsp3) is 0.182. The first-order valence-corrected chi connectivity index (χ1v) is 8.73. The average molecular weight is 359 g/mol. The van der Waals surface area contributed by atoms with Crippen LogP contribution in [-0.4, -0.2) is 28.8 Å². The van der Waals surface area contributed by atoms with Gasteiger partial charge in [-0.3, -0.25) is 4.79 Å². The molecule has 5 nitrogen and oxygen atoms in total. The molecule has 0 aliphatic heterocycles. The standard InChI is InChI=1S/C22H21N3O2/c1-3-15-27-20-11-9-18(10-12-20)13-14-23-22(26)21-16-17(2)25(24-21)19-7-5-4-6-8-19/h1,4-12,16H,13-15H2,2H3,(H,23,26). The third-order valence-electron chi connectivity index (χ3n) is 4.07. The summed E-state index contributed by atoms with van der Waals surface area (Å²) in [5.74, 6) is 2.99. The van der Waals surface area contributed by atoms with E-state index in [0.717, 1.165) is 29.1 Å². The lowest BCUT2D eigenvalue weighted by Gasteiger charge is -2.06. The van der Waals surface area contributed by atoms with Gasteiger partial charge in [0.25, 0.3) is 5.91 Å². The minimum Gasteiger partial charge on any atom is -0.481 e. The number of aromatic nitrogens is 2. The minimum absolute atomic E-state index is 0.179. The number of carbonyl (C=O) groups excluding carboxylic acids is 1. The molecule has 0 spiro atoms. The molecule has 2 aromatic carbocycles. The molecule has 3 aromatic rings. The normalized spacial score (nSPS) is 10.2. The highest BCUT2D eigenvalue weighted by atomic mass is 16.5. The fourth-order valence-electron chi connectivity index (χ4n) is 2.70. The Hall–Kier alpha value is -3.52. The summed E-state index contributed by atoms with van der Waals surface area (Å²) in [4.78, 5) is 12.4. The van der Waals surface area contributed by atoms with E-state index in [-0.39, 0.29) is 12.5 Å². The van der Waals surface area contributed by atoms with E-state index in [2.05, 4.69) is 16.3 Å². The molecular formula is C22H21N3O2. The molecule has 1 N–H and O–H groups in total. The molecule has 0 fully saturated rings. The minimum atomic E-state index is -0.179. The molecular weight excluding hydrogens is 338 g/mol. The molecule has 0 saturated carbocycles. The van der Waals surface area contributed by atoms with Crippen LogP contribution in [0.2, 0.25) is 0 Å². The van der Waals surface area contributed by atoms with Gasteiger partial charge in [0, 0.05) is 12.2 Å². The van der Waals surface area contributed by atoms with Gasteiger partial charge in [-0.1, -0.05) is 36.3 Å². The molecule has 1 aromatic heterocycles. The van der Waals surface area contributed by atoms with E-state index in [1.807, 2.05) is 61.5 Å². The molecule has 0 radical (unpaired) electrons. The van der Waals surface area contributed by atoms with Gasteiger partial charge in [-0.05, 0) is 49.2 Å². The smallest absolute Gasteiger partial charge is 0.271 e. The van der Waals surface area contributed by atoms with Crippen LogP contribution in [-0.2, 0) is 6.42 Å². The molecule has 3 rings (SSSR count). The number of amides is 1. The lowest BCUT2D eigenvalue weighted by Crippen LogP contribution is -2.26. The van der Waals surface area contributed by atoms with E-state index >= 15 is 0 Å². The van der Waals surface area contributed by atoms with Crippen LogP contribution in [0.3, 0.4) is 0 Å². The third kappa shape index (κ3) is 4.77. The number of ether oxygens (including phenoxy) is 1. The molecule has 1 heterocycles. The van der Waals surface area contributed by atoms with Crippen molar-refractivity contribution in [1.82, 2.24) is 15.1 Å². The van der Waals surface area contributed by atoms with Crippen LogP contribution >= 0.6 is 0 Å². The zero-order chi connectivity index (χ0) is 19.1. The predicted molar refractivity (Wildman–Crippen MR) is 105 cm³/mol. The molecule has 136 valence electrons. The number of hydrogen-bond acceptors (Lipinski definition) is 3. The Morgan fingerprint density at radius 1 is 1.19 bits per heavy atom. The summed E-state index contributed by atoms with van der Waals surface area (Å²) in [5, 5.41) is 7.33. The Bertz CT molecular complexity index is 938.